The number of benzene rings is 2. The Kier molecular flexibility index (Phi) is 22.0. The van der Waals surface area contributed by atoms with E-state index in [-0.39, 0.29) is 55.5 Å². The van der Waals surface area contributed by atoms with E-state index in [1.807, 2.05) is 12.2 Å². The van der Waals surface area contributed by atoms with Gasteiger partial charge in [-0.1, -0.05) is 91.4 Å². The predicted octanol–water partition coefficient (Wildman–Crippen LogP) is 9.30. The molecule has 1 saturated heterocycles. The third-order valence-corrected chi connectivity index (χ3v) is 10.3. The first-order valence-corrected chi connectivity index (χ1v) is 21.4. The maximum atomic E-state index is 12.9. The summed E-state index contributed by atoms with van der Waals surface area (Å²) in [6.45, 7) is 6.02. The average molecular weight is 829 g/mol. The monoisotopic (exact) mass is 827 g/mol. The second-order valence-corrected chi connectivity index (χ2v) is 15.7. The van der Waals surface area contributed by atoms with E-state index in [0.717, 1.165) is 38.5 Å². The summed E-state index contributed by atoms with van der Waals surface area (Å²) in [5, 5.41) is 5.65. The molecule has 2 N–H and O–H groups in total. The molecular weight excluding hydrogens is 770 g/mol. The van der Waals surface area contributed by atoms with Crippen LogP contribution >= 0.6 is 23.4 Å². The number of amides is 4. The van der Waals surface area contributed by atoms with Gasteiger partial charge in [0.05, 0.1) is 5.25 Å². The van der Waals surface area contributed by atoms with Crippen molar-refractivity contribution in [1.29, 1.82) is 0 Å². The quantitative estimate of drug-likeness (QED) is 0.0420. The minimum absolute atomic E-state index is 0.0825. The zero-order valence-electron chi connectivity index (χ0n) is 34.0. The predicted molar refractivity (Wildman–Crippen MR) is 237 cm³/mol. The number of carbonyl (C=O) groups is 5. The Morgan fingerprint density at radius 3 is 1.83 bits per heavy atom. The van der Waals surface area contributed by atoms with E-state index in [4.69, 9.17) is 16.3 Å². The minimum atomic E-state index is -1.21. The lowest BCUT2D eigenvalue weighted by atomic mass is 10.0. The van der Waals surface area contributed by atoms with Crippen LogP contribution < -0.4 is 15.4 Å². The molecule has 0 aliphatic carbocycles. The van der Waals surface area contributed by atoms with E-state index in [1.54, 1.807) is 62.4 Å². The first kappa shape index (κ1) is 47.4. The molecule has 0 saturated carbocycles. The second-order valence-electron chi connectivity index (χ2n) is 14.0. The van der Waals surface area contributed by atoms with E-state index >= 15 is 0 Å². The van der Waals surface area contributed by atoms with Crippen LogP contribution in [0, 0.1) is 0 Å². The molecule has 4 amide bonds. The lowest BCUT2D eigenvalue weighted by Gasteiger charge is -2.25. The molecule has 1 aliphatic heterocycles. The van der Waals surface area contributed by atoms with Crippen LogP contribution in [0.5, 0.6) is 5.75 Å². The second kappa shape index (κ2) is 26.9. The summed E-state index contributed by atoms with van der Waals surface area (Å²) in [5.74, 6) is -0.331. The molecule has 11 heteroatoms. The van der Waals surface area contributed by atoms with Crippen LogP contribution in [0.25, 0.3) is 0 Å². The van der Waals surface area contributed by atoms with Crippen molar-refractivity contribution in [2.24, 2.45) is 0 Å². The van der Waals surface area contributed by atoms with Crippen molar-refractivity contribution in [2.45, 2.75) is 89.4 Å². The van der Waals surface area contributed by atoms with Crippen molar-refractivity contribution >= 4 is 52.8 Å². The van der Waals surface area contributed by atoms with E-state index < -0.39 is 10.9 Å². The summed E-state index contributed by atoms with van der Waals surface area (Å²) in [6.07, 6.45) is 32.4. The zero-order valence-corrected chi connectivity index (χ0v) is 35.6. The summed E-state index contributed by atoms with van der Waals surface area (Å²) in [6, 6.07) is 13.2. The van der Waals surface area contributed by atoms with Gasteiger partial charge in [-0.3, -0.25) is 28.9 Å². The maximum absolute atomic E-state index is 12.9. The number of halogens is 1. The molecule has 9 nitrogen and oxygen atoms in total. The third-order valence-electron chi connectivity index (χ3n) is 8.84. The van der Waals surface area contributed by atoms with Crippen molar-refractivity contribution in [2.75, 3.05) is 25.4 Å². The minimum Gasteiger partial charge on any atom is -0.478 e. The molecule has 0 spiro atoms. The Labute approximate surface area is 353 Å². The van der Waals surface area contributed by atoms with E-state index in [9.17, 15) is 24.0 Å². The zero-order chi connectivity index (χ0) is 42.0. The molecule has 2 aromatic carbocycles. The Morgan fingerprint density at radius 1 is 0.759 bits per heavy atom. The summed E-state index contributed by atoms with van der Waals surface area (Å²) in [7, 11) is 0. The van der Waals surface area contributed by atoms with Crippen LogP contribution in [0.3, 0.4) is 0 Å². The number of ether oxygens (including phenoxy) is 1. The lowest BCUT2D eigenvalue weighted by molar-refractivity contribution is -0.138. The topological polar surface area (TPSA) is 122 Å². The van der Waals surface area contributed by atoms with Crippen LogP contribution in [-0.4, -0.2) is 70.5 Å². The number of nitrogens with zero attached hydrogens (tertiary/aromatic N) is 1. The molecule has 58 heavy (non-hydrogen) atoms. The highest BCUT2D eigenvalue weighted by atomic mass is 35.5. The molecule has 1 unspecified atom stereocenters. The van der Waals surface area contributed by atoms with Crippen molar-refractivity contribution in [3.8, 4) is 5.75 Å². The van der Waals surface area contributed by atoms with Crippen molar-refractivity contribution < 1.29 is 28.7 Å². The van der Waals surface area contributed by atoms with E-state index in [1.165, 1.54) is 16.7 Å². The number of allylic oxidation sites excluding steroid dienone is 12. The molecule has 1 fully saturated rings. The van der Waals surface area contributed by atoms with Crippen LogP contribution in [0.4, 0.5) is 0 Å². The third kappa shape index (κ3) is 18.1. The number of rotatable bonds is 26. The first-order chi connectivity index (χ1) is 28.0. The van der Waals surface area contributed by atoms with Crippen LogP contribution in [0.15, 0.2) is 121 Å². The van der Waals surface area contributed by atoms with Crippen LogP contribution in [0.2, 0.25) is 5.02 Å². The molecule has 1 atom stereocenters. The Hall–Kier alpha value is -4.93. The van der Waals surface area contributed by atoms with Gasteiger partial charge in [-0.15, -0.1) is 11.8 Å². The summed E-state index contributed by atoms with van der Waals surface area (Å²) in [5.41, 5.74) is -0.218. The number of nitrogens with one attached hydrogen (secondary N) is 2. The number of likely N-dealkylation sites (tertiary alicyclic amines) is 1. The number of thioether (sulfide) groups is 1. The van der Waals surface area contributed by atoms with Gasteiger partial charge in [0.15, 0.2) is 11.4 Å². The number of carbonyl (C=O) groups excluding carboxylic acids is 5. The normalized spacial score (nSPS) is 15.0. The van der Waals surface area contributed by atoms with Crippen molar-refractivity contribution in [1.82, 2.24) is 15.5 Å². The number of hydrogen-bond acceptors (Lipinski definition) is 7. The highest BCUT2D eigenvalue weighted by Crippen LogP contribution is 2.25. The Bertz CT molecular complexity index is 1810. The highest BCUT2D eigenvalue weighted by molar-refractivity contribution is 8.00. The standard InChI is InChI=1S/C47H58ClN3O6S/c1-4-5-6-7-8-9-10-11-12-13-14-15-16-17-18-19-20-21-22-23-42(52)49-32-34-51-43(53)36-41(45(51)55)58-35-33-50-46(56)47(2,3)57-40-30-26-38(27-31-40)44(54)37-24-28-39(48)29-25-37/h5-6,8-9,11-12,14-15,17-18,20-21,24-31,41H,4,7,10,13,16,19,22-23,32-36H2,1-3H3,(H,49,52)(H,50,56). The average Bonchev–Trinajstić information content (AvgIpc) is 3.48. The smallest absolute Gasteiger partial charge is 0.263 e. The van der Waals surface area contributed by atoms with Gasteiger partial charge in [0.2, 0.25) is 17.7 Å². The van der Waals surface area contributed by atoms with Crippen LogP contribution in [0.1, 0.15) is 94.5 Å². The Morgan fingerprint density at radius 2 is 1.28 bits per heavy atom. The fraction of sp³-hybridized carbons (Fsp3) is 0.383. The largest absolute Gasteiger partial charge is 0.478 e. The van der Waals surface area contributed by atoms with Crippen molar-refractivity contribution in [3.63, 3.8) is 0 Å². The maximum Gasteiger partial charge on any atom is 0.263 e. The number of imide groups is 1. The van der Waals surface area contributed by atoms with Crippen molar-refractivity contribution in [3.05, 3.63) is 138 Å². The van der Waals surface area contributed by atoms with Gasteiger partial charge in [-0.25, -0.2) is 0 Å². The fourth-order valence-corrected chi connectivity index (χ4v) is 6.79. The van der Waals surface area contributed by atoms with Gasteiger partial charge >= 0.3 is 0 Å². The van der Waals surface area contributed by atoms with Gasteiger partial charge in [-0.2, -0.15) is 0 Å². The van der Waals surface area contributed by atoms with E-state index in [2.05, 4.69) is 78.3 Å². The molecule has 3 rings (SSSR count). The number of hydrogen-bond donors (Lipinski definition) is 2. The summed E-state index contributed by atoms with van der Waals surface area (Å²) >= 11 is 7.23. The van der Waals surface area contributed by atoms with Gasteiger partial charge in [-0.05, 0) is 107 Å². The molecule has 0 bridgehead atoms. The van der Waals surface area contributed by atoms with Gasteiger partial charge < -0.3 is 15.4 Å². The SMILES string of the molecule is CCC=CCC=CCC=CCC=CCC=CCC=CCCC(=O)NCCN1C(=O)CC(SCCNC(=O)C(C)(C)Oc2ccc(C(=O)c3ccc(Cl)cc3)cc2)C1=O. The van der Waals surface area contributed by atoms with Gasteiger partial charge in [0, 0.05) is 54.4 Å². The Balaban J connectivity index is 1.23. The highest BCUT2D eigenvalue weighted by Gasteiger charge is 2.38. The molecule has 310 valence electrons. The lowest BCUT2D eigenvalue weighted by Crippen LogP contribution is -2.47. The molecule has 1 aliphatic rings. The van der Waals surface area contributed by atoms with Gasteiger partial charge in [0.1, 0.15) is 5.75 Å². The molecule has 2 aromatic rings. The first-order valence-electron chi connectivity index (χ1n) is 20.0. The molecule has 1 heterocycles. The summed E-state index contributed by atoms with van der Waals surface area (Å²) in [4.78, 5) is 64.6. The van der Waals surface area contributed by atoms with E-state index in [0.29, 0.717) is 40.5 Å². The molecule has 0 aromatic heterocycles. The van der Waals surface area contributed by atoms with Crippen LogP contribution in [-0.2, 0) is 19.2 Å². The summed E-state index contributed by atoms with van der Waals surface area (Å²) < 4.78 is 5.93. The molecule has 0 radical (unpaired) electrons. The number of ketones is 1. The molecular formula is C47H58ClN3O6S. The fourth-order valence-electron chi connectivity index (χ4n) is 5.63. The van der Waals surface area contributed by atoms with Gasteiger partial charge in [0.25, 0.3) is 5.91 Å².